The predicted molar refractivity (Wildman–Crippen MR) is 78.2 cm³/mol. The summed E-state index contributed by atoms with van der Waals surface area (Å²) in [5, 5.41) is 8.87. The lowest BCUT2D eigenvalue weighted by Gasteiger charge is -2.28. The van der Waals surface area contributed by atoms with Crippen LogP contribution in [-0.2, 0) is 13.0 Å². The Kier molecular flexibility index (Phi) is 3.63. The van der Waals surface area contributed by atoms with Crippen molar-refractivity contribution >= 4 is 11.9 Å². The minimum atomic E-state index is -0.981. The third-order valence-electron chi connectivity index (χ3n) is 3.81. The number of aromatic carboxylic acids is 1. The quantitative estimate of drug-likeness (QED) is 0.948. The average molecular weight is 299 g/mol. The number of carbonyl (C=O) groups is 2. The number of hydrogen-bond donors (Lipinski definition) is 1. The minimum absolute atomic E-state index is 0.192. The third-order valence-corrected chi connectivity index (χ3v) is 3.81. The van der Waals surface area contributed by atoms with Gasteiger partial charge in [0.1, 0.15) is 5.82 Å². The van der Waals surface area contributed by atoms with E-state index >= 15 is 0 Å². The number of hydrogen-bond acceptors (Lipinski definition) is 2. The largest absolute Gasteiger partial charge is 0.478 e. The summed E-state index contributed by atoms with van der Waals surface area (Å²) in [6.07, 6.45) is 0.689. The first-order chi connectivity index (χ1) is 10.5. The second-order valence-corrected chi connectivity index (χ2v) is 5.28. The van der Waals surface area contributed by atoms with E-state index in [1.165, 1.54) is 24.3 Å². The summed E-state index contributed by atoms with van der Waals surface area (Å²) in [5.74, 6) is -1.59. The number of halogens is 1. The molecule has 0 aromatic heterocycles. The number of fused-ring (bicyclic) bond motifs is 1. The molecule has 5 heteroatoms. The number of rotatable bonds is 3. The average Bonchev–Trinajstić information content (AvgIpc) is 2.51. The van der Waals surface area contributed by atoms with Gasteiger partial charge in [0, 0.05) is 18.7 Å². The van der Waals surface area contributed by atoms with Gasteiger partial charge in [0.05, 0.1) is 5.56 Å². The lowest BCUT2D eigenvalue weighted by Crippen LogP contribution is -2.37. The lowest BCUT2D eigenvalue weighted by atomic mass is 9.98. The number of amides is 1. The standard InChI is InChI=1S/C17H14FNO3/c18-14-6-5-12-7-8-19(16(20)15(12)9-14)10-11-1-3-13(4-2-11)17(21)22/h1-6,9H,7-8,10H2,(H,21,22). The van der Waals surface area contributed by atoms with Gasteiger partial charge in [-0.2, -0.15) is 0 Å². The summed E-state index contributed by atoms with van der Waals surface area (Å²) >= 11 is 0. The summed E-state index contributed by atoms with van der Waals surface area (Å²) in [4.78, 5) is 24.9. The van der Waals surface area contributed by atoms with Gasteiger partial charge in [-0.15, -0.1) is 0 Å². The van der Waals surface area contributed by atoms with E-state index in [1.807, 2.05) is 0 Å². The van der Waals surface area contributed by atoms with E-state index < -0.39 is 11.8 Å². The molecule has 3 rings (SSSR count). The Bertz CT molecular complexity index is 740. The van der Waals surface area contributed by atoms with Gasteiger partial charge < -0.3 is 10.0 Å². The summed E-state index contributed by atoms with van der Waals surface area (Å²) in [6.45, 7) is 0.951. The van der Waals surface area contributed by atoms with Crippen molar-refractivity contribution in [2.24, 2.45) is 0 Å². The zero-order chi connectivity index (χ0) is 15.7. The van der Waals surface area contributed by atoms with E-state index in [0.717, 1.165) is 11.1 Å². The fraction of sp³-hybridized carbons (Fsp3) is 0.176. The zero-order valence-corrected chi connectivity index (χ0v) is 11.8. The molecular weight excluding hydrogens is 285 g/mol. The van der Waals surface area contributed by atoms with Crippen molar-refractivity contribution in [3.05, 3.63) is 70.5 Å². The van der Waals surface area contributed by atoms with Crippen LogP contribution in [0.15, 0.2) is 42.5 Å². The van der Waals surface area contributed by atoms with Crippen LogP contribution >= 0.6 is 0 Å². The van der Waals surface area contributed by atoms with Gasteiger partial charge in [0.15, 0.2) is 0 Å². The molecule has 0 saturated heterocycles. The zero-order valence-electron chi connectivity index (χ0n) is 11.8. The topological polar surface area (TPSA) is 57.6 Å². The predicted octanol–water partition coefficient (Wildman–Crippen LogP) is 2.72. The van der Waals surface area contributed by atoms with Crippen LogP contribution in [0.5, 0.6) is 0 Å². The van der Waals surface area contributed by atoms with Gasteiger partial charge >= 0.3 is 5.97 Å². The summed E-state index contributed by atoms with van der Waals surface area (Å²) in [5.41, 5.74) is 2.33. The van der Waals surface area contributed by atoms with Gasteiger partial charge in [-0.1, -0.05) is 18.2 Å². The van der Waals surface area contributed by atoms with Crippen LogP contribution in [0.3, 0.4) is 0 Å². The maximum absolute atomic E-state index is 13.3. The second kappa shape index (κ2) is 5.60. The molecule has 1 N–H and O–H groups in total. The molecule has 1 amide bonds. The first-order valence-electron chi connectivity index (χ1n) is 6.94. The Morgan fingerprint density at radius 2 is 1.91 bits per heavy atom. The summed E-state index contributed by atoms with van der Waals surface area (Å²) < 4.78 is 13.3. The van der Waals surface area contributed by atoms with E-state index in [0.29, 0.717) is 25.1 Å². The van der Waals surface area contributed by atoms with Crippen LogP contribution in [-0.4, -0.2) is 28.4 Å². The van der Waals surface area contributed by atoms with Crippen molar-refractivity contribution in [1.29, 1.82) is 0 Å². The van der Waals surface area contributed by atoms with E-state index in [9.17, 15) is 14.0 Å². The first kappa shape index (κ1) is 14.3. The van der Waals surface area contributed by atoms with Gasteiger partial charge in [0.2, 0.25) is 0 Å². The molecule has 0 fully saturated rings. The van der Waals surface area contributed by atoms with Crippen LogP contribution < -0.4 is 0 Å². The van der Waals surface area contributed by atoms with E-state index in [1.54, 1.807) is 23.1 Å². The molecule has 1 aliphatic heterocycles. The van der Waals surface area contributed by atoms with Gasteiger partial charge in [-0.25, -0.2) is 9.18 Å². The Labute approximate surface area is 126 Å². The van der Waals surface area contributed by atoms with E-state index in [2.05, 4.69) is 0 Å². The van der Waals surface area contributed by atoms with Gasteiger partial charge in [-0.3, -0.25) is 4.79 Å². The highest BCUT2D eigenvalue weighted by molar-refractivity contribution is 5.96. The Balaban J connectivity index is 1.79. The molecule has 22 heavy (non-hydrogen) atoms. The number of carbonyl (C=O) groups excluding carboxylic acids is 1. The first-order valence-corrected chi connectivity index (χ1v) is 6.94. The minimum Gasteiger partial charge on any atom is -0.478 e. The van der Waals surface area contributed by atoms with Crippen molar-refractivity contribution < 1.29 is 19.1 Å². The van der Waals surface area contributed by atoms with Crippen LogP contribution in [0, 0.1) is 5.82 Å². The fourth-order valence-electron chi connectivity index (χ4n) is 2.62. The lowest BCUT2D eigenvalue weighted by molar-refractivity contribution is 0.0693. The van der Waals surface area contributed by atoms with Crippen LogP contribution in [0.25, 0.3) is 0 Å². The van der Waals surface area contributed by atoms with Crippen molar-refractivity contribution in [3.8, 4) is 0 Å². The number of carboxylic acids is 1. The molecule has 2 aromatic rings. The molecule has 0 spiro atoms. The third kappa shape index (κ3) is 2.70. The van der Waals surface area contributed by atoms with Crippen LogP contribution in [0.1, 0.15) is 31.8 Å². The van der Waals surface area contributed by atoms with Crippen molar-refractivity contribution in [1.82, 2.24) is 4.90 Å². The molecule has 2 aromatic carbocycles. The number of benzene rings is 2. The molecule has 0 atom stereocenters. The summed E-state index contributed by atoms with van der Waals surface area (Å²) in [6, 6.07) is 10.7. The molecule has 4 nitrogen and oxygen atoms in total. The highest BCUT2D eigenvalue weighted by Crippen LogP contribution is 2.21. The Morgan fingerprint density at radius 1 is 1.18 bits per heavy atom. The highest BCUT2D eigenvalue weighted by atomic mass is 19.1. The Hall–Kier alpha value is -2.69. The molecule has 0 radical (unpaired) electrons. The molecule has 0 unspecified atom stereocenters. The SMILES string of the molecule is O=C(O)c1ccc(CN2CCc3ccc(F)cc3C2=O)cc1. The molecule has 1 aliphatic rings. The molecule has 1 heterocycles. The smallest absolute Gasteiger partial charge is 0.335 e. The molecule has 0 bridgehead atoms. The monoisotopic (exact) mass is 299 g/mol. The van der Waals surface area contributed by atoms with Crippen LogP contribution in [0.4, 0.5) is 4.39 Å². The van der Waals surface area contributed by atoms with Crippen LogP contribution in [0.2, 0.25) is 0 Å². The maximum atomic E-state index is 13.3. The molecular formula is C17H14FNO3. The molecule has 112 valence electrons. The number of carboxylic acid groups (broad SMARTS) is 1. The van der Waals surface area contributed by atoms with Crippen molar-refractivity contribution in [3.63, 3.8) is 0 Å². The molecule has 0 saturated carbocycles. The van der Waals surface area contributed by atoms with Gasteiger partial charge in [0.25, 0.3) is 5.91 Å². The second-order valence-electron chi connectivity index (χ2n) is 5.28. The molecule has 0 aliphatic carbocycles. The van der Waals surface area contributed by atoms with Crippen molar-refractivity contribution in [2.75, 3.05) is 6.54 Å². The fourth-order valence-corrected chi connectivity index (χ4v) is 2.62. The summed E-state index contributed by atoms with van der Waals surface area (Å²) in [7, 11) is 0. The highest BCUT2D eigenvalue weighted by Gasteiger charge is 2.24. The maximum Gasteiger partial charge on any atom is 0.335 e. The van der Waals surface area contributed by atoms with Crippen molar-refractivity contribution in [2.45, 2.75) is 13.0 Å². The van der Waals surface area contributed by atoms with E-state index in [4.69, 9.17) is 5.11 Å². The number of nitrogens with zero attached hydrogens (tertiary/aromatic N) is 1. The normalized spacial score (nSPS) is 13.9. The Morgan fingerprint density at radius 3 is 2.59 bits per heavy atom. The van der Waals surface area contributed by atoms with E-state index in [-0.39, 0.29) is 11.5 Å². The van der Waals surface area contributed by atoms with Gasteiger partial charge in [-0.05, 0) is 41.8 Å².